The Hall–Kier alpha value is -3.65. The van der Waals surface area contributed by atoms with Gasteiger partial charge in [-0.2, -0.15) is 18.4 Å². The molecule has 0 saturated carbocycles. The predicted molar refractivity (Wildman–Crippen MR) is 115 cm³/mol. The van der Waals surface area contributed by atoms with Gasteiger partial charge >= 0.3 is 12.2 Å². The second-order valence-electron chi connectivity index (χ2n) is 7.82. The van der Waals surface area contributed by atoms with E-state index in [0.717, 1.165) is 17.0 Å². The number of carbonyl (C=O) groups excluding carboxylic acids is 2. The van der Waals surface area contributed by atoms with Crippen molar-refractivity contribution in [3.63, 3.8) is 0 Å². The van der Waals surface area contributed by atoms with Crippen molar-refractivity contribution in [2.75, 3.05) is 10.7 Å². The van der Waals surface area contributed by atoms with Crippen LogP contribution in [0.5, 0.6) is 0 Å². The van der Waals surface area contributed by atoms with E-state index < -0.39 is 33.6 Å². The Morgan fingerprint density at radius 3 is 2.53 bits per heavy atom. The van der Waals surface area contributed by atoms with Crippen molar-refractivity contribution in [2.45, 2.75) is 36.9 Å². The first-order valence-corrected chi connectivity index (χ1v) is 11.9. The molecule has 1 atom stereocenters. The van der Waals surface area contributed by atoms with Crippen LogP contribution < -0.4 is 10.2 Å². The summed E-state index contributed by atoms with van der Waals surface area (Å²) in [6.07, 6.45) is -4.49. The molecule has 1 N–H and O–H groups in total. The third-order valence-electron chi connectivity index (χ3n) is 5.83. The minimum atomic E-state index is -4.63. The molecular formula is C23H18F3N3O4S. The molecule has 0 spiro atoms. The van der Waals surface area contributed by atoms with E-state index in [1.165, 1.54) is 37.3 Å². The molecule has 4 rings (SSSR count). The van der Waals surface area contributed by atoms with Crippen LogP contribution in [0, 0.1) is 11.3 Å². The number of allylic oxidation sites excluding steroid dienone is 1. The highest BCUT2D eigenvalue weighted by Gasteiger charge is 2.43. The van der Waals surface area contributed by atoms with Gasteiger partial charge in [-0.05, 0) is 42.3 Å². The number of carbonyl (C=O) groups is 2. The number of nitrogens with zero attached hydrogens (tertiary/aromatic N) is 2. The monoisotopic (exact) mass is 489 g/mol. The maximum Gasteiger partial charge on any atom is 0.416 e. The molecule has 2 aromatic carbocycles. The number of nitriles is 1. The number of hydrogen-bond acceptors (Lipinski definition) is 5. The number of rotatable bonds is 4. The predicted octanol–water partition coefficient (Wildman–Crippen LogP) is 4.26. The van der Waals surface area contributed by atoms with Crippen LogP contribution in [0.25, 0.3) is 0 Å². The van der Waals surface area contributed by atoms with E-state index in [9.17, 15) is 36.4 Å². The third-order valence-corrected chi connectivity index (χ3v) is 7.61. The topological polar surface area (TPSA) is 107 Å². The number of nitrogens with one attached hydrogen (secondary N) is 1. The molecule has 34 heavy (non-hydrogen) atoms. The van der Waals surface area contributed by atoms with Crippen LogP contribution in [-0.2, 0) is 20.8 Å². The van der Waals surface area contributed by atoms with Crippen LogP contribution in [0.2, 0.25) is 0 Å². The Balaban J connectivity index is 1.90. The van der Waals surface area contributed by atoms with Gasteiger partial charge in [0.1, 0.15) is 0 Å². The van der Waals surface area contributed by atoms with Crippen molar-refractivity contribution in [1.82, 2.24) is 5.32 Å². The Morgan fingerprint density at radius 1 is 1.15 bits per heavy atom. The van der Waals surface area contributed by atoms with Crippen LogP contribution in [0.15, 0.2) is 58.6 Å². The number of urea groups is 1. The zero-order chi connectivity index (χ0) is 24.8. The lowest BCUT2D eigenvalue weighted by Crippen LogP contribution is -2.47. The molecule has 7 nitrogen and oxygen atoms in total. The lowest BCUT2D eigenvalue weighted by molar-refractivity contribution is -0.137. The Labute approximate surface area is 193 Å². The maximum absolute atomic E-state index is 13.2. The number of Topliss-reactive ketones (excluding diaryl/α,β-unsaturated/α-hetero) is 1. The molecule has 11 heteroatoms. The normalized spacial score (nSPS) is 18.6. The Morgan fingerprint density at radius 2 is 1.88 bits per heavy atom. The summed E-state index contributed by atoms with van der Waals surface area (Å²) >= 11 is 0. The summed E-state index contributed by atoms with van der Waals surface area (Å²) in [5, 5.41) is 11.8. The van der Waals surface area contributed by atoms with E-state index >= 15 is 0 Å². The summed E-state index contributed by atoms with van der Waals surface area (Å²) in [7, 11) is -3.84. The van der Waals surface area contributed by atoms with Crippen LogP contribution in [0.3, 0.4) is 0 Å². The first-order chi connectivity index (χ1) is 16.0. The SMILES string of the molecule is CCS(=O)(=O)c1cc(C#N)ccc1[C@@H]1NC(=O)N(c2cccc(C(F)(F)F)c2)C2=C1C(=O)CC2. The average Bonchev–Trinajstić information content (AvgIpc) is 3.18. The number of hydrogen-bond donors (Lipinski definition) is 1. The number of halogens is 3. The van der Waals surface area contributed by atoms with Crippen LogP contribution >= 0.6 is 0 Å². The molecule has 2 aromatic rings. The van der Waals surface area contributed by atoms with E-state index in [-0.39, 0.29) is 57.4 Å². The van der Waals surface area contributed by atoms with Gasteiger partial charge in [-0.15, -0.1) is 0 Å². The molecule has 176 valence electrons. The molecule has 1 aliphatic heterocycles. The van der Waals surface area contributed by atoms with E-state index in [1.807, 2.05) is 6.07 Å². The maximum atomic E-state index is 13.2. The number of sulfone groups is 1. The zero-order valence-electron chi connectivity index (χ0n) is 17.8. The van der Waals surface area contributed by atoms with Gasteiger partial charge in [0, 0.05) is 17.7 Å². The molecule has 2 amide bonds. The molecule has 0 aromatic heterocycles. The van der Waals surface area contributed by atoms with Gasteiger partial charge < -0.3 is 5.32 Å². The first kappa shape index (κ1) is 23.5. The molecule has 0 fully saturated rings. The van der Waals surface area contributed by atoms with Gasteiger partial charge in [0.25, 0.3) is 0 Å². The fourth-order valence-corrected chi connectivity index (χ4v) is 5.36. The molecular weight excluding hydrogens is 471 g/mol. The number of benzene rings is 2. The van der Waals surface area contributed by atoms with Gasteiger partial charge in [0.05, 0.1) is 39.6 Å². The van der Waals surface area contributed by atoms with Crippen LogP contribution in [0.1, 0.15) is 42.5 Å². The van der Waals surface area contributed by atoms with Gasteiger partial charge in [-0.25, -0.2) is 13.2 Å². The lowest BCUT2D eigenvalue weighted by atomic mass is 9.94. The molecule has 0 bridgehead atoms. The van der Waals surface area contributed by atoms with Crippen molar-refractivity contribution in [3.8, 4) is 6.07 Å². The Bertz CT molecular complexity index is 1390. The van der Waals surface area contributed by atoms with Crippen molar-refractivity contribution in [2.24, 2.45) is 0 Å². The standard InChI is InChI=1S/C23H18F3N3O4S/c1-2-34(32,33)19-10-13(12-27)6-7-16(19)21-20-17(8-9-18(20)30)29(22(31)28-21)15-5-3-4-14(11-15)23(24,25)26/h3-7,10-11,21H,2,8-9H2,1H3,(H,28,31)/t21-/m0/s1. The lowest BCUT2D eigenvalue weighted by Gasteiger charge is -2.35. The summed E-state index contributed by atoms with van der Waals surface area (Å²) < 4.78 is 65.2. The second-order valence-corrected chi connectivity index (χ2v) is 10.1. The van der Waals surface area contributed by atoms with E-state index in [1.54, 1.807) is 0 Å². The highest BCUT2D eigenvalue weighted by molar-refractivity contribution is 7.91. The number of alkyl halides is 3. The number of anilines is 1. The molecule has 1 heterocycles. The van der Waals surface area contributed by atoms with Gasteiger partial charge in [0.15, 0.2) is 15.6 Å². The summed E-state index contributed by atoms with van der Waals surface area (Å²) in [4.78, 5) is 26.8. The fraction of sp³-hybridized carbons (Fsp3) is 0.261. The highest BCUT2D eigenvalue weighted by Crippen LogP contribution is 2.43. The highest BCUT2D eigenvalue weighted by atomic mass is 32.2. The quantitative estimate of drug-likeness (QED) is 0.691. The van der Waals surface area contributed by atoms with Crippen molar-refractivity contribution < 1.29 is 31.2 Å². The van der Waals surface area contributed by atoms with Crippen LogP contribution in [0.4, 0.5) is 23.7 Å². The number of ketones is 1. The second kappa shape index (κ2) is 8.29. The Kier molecular flexibility index (Phi) is 5.73. The molecule has 1 aliphatic carbocycles. The smallest absolute Gasteiger partial charge is 0.326 e. The first-order valence-electron chi connectivity index (χ1n) is 10.3. The van der Waals surface area contributed by atoms with E-state index in [4.69, 9.17) is 0 Å². The summed E-state index contributed by atoms with van der Waals surface area (Å²) in [5.74, 6) is -0.618. The van der Waals surface area contributed by atoms with Crippen molar-refractivity contribution in [1.29, 1.82) is 5.26 Å². The largest absolute Gasteiger partial charge is 0.416 e. The minimum Gasteiger partial charge on any atom is -0.326 e. The van der Waals surface area contributed by atoms with Gasteiger partial charge in [-0.3, -0.25) is 9.69 Å². The zero-order valence-corrected chi connectivity index (χ0v) is 18.6. The molecule has 0 unspecified atom stereocenters. The van der Waals surface area contributed by atoms with Crippen molar-refractivity contribution >= 4 is 27.3 Å². The van der Waals surface area contributed by atoms with E-state index in [0.29, 0.717) is 0 Å². The fourth-order valence-electron chi connectivity index (χ4n) is 4.20. The summed E-state index contributed by atoms with van der Waals surface area (Å²) in [5.41, 5.74) is -0.448. The minimum absolute atomic E-state index is 0.0255. The molecule has 0 radical (unpaired) electrons. The van der Waals surface area contributed by atoms with E-state index in [2.05, 4.69) is 5.32 Å². The van der Waals surface area contributed by atoms with Crippen molar-refractivity contribution in [3.05, 3.63) is 70.4 Å². The van der Waals surface area contributed by atoms with Gasteiger partial charge in [-0.1, -0.05) is 19.1 Å². The van der Waals surface area contributed by atoms with Crippen LogP contribution in [-0.4, -0.2) is 26.0 Å². The summed E-state index contributed by atoms with van der Waals surface area (Å²) in [6, 6.07) is 8.11. The average molecular weight is 489 g/mol. The molecule has 2 aliphatic rings. The van der Waals surface area contributed by atoms with Gasteiger partial charge in [0.2, 0.25) is 0 Å². The molecule has 0 saturated heterocycles. The third kappa shape index (κ3) is 3.94. The number of amides is 2. The summed E-state index contributed by atoms with van der Waals surface area (Å²) in [6.45, 7) is 1.43.